The third kappa shape index (κ3) is 4.58. The zero-order valence-corrected chi connectivity index (χ0v) is 18.1. The second-order valence-electron chi connectivity index (χ2n) is 6.41. The van der Waals surface area contributed by atoms with Gasteiger partial charge in [0, 0.05) is 19.2 Å². The van der Waals surface area contributed by atoms with Gasteiger partial charge in [0.05, 0.1) is 15.8 Å². The molecule has 3 rings (SSSR count). The van der Waals surface area contributed by atoms with E-state index in [1.54, 1.807) is 44.2 Å². The average Bonchev–Trinajstić information content (AvgIpc) is 3.40. The summed E-state index contributed by atoms with van der Waals surface area (Å²) in [5.74, 6) is 0.188. The number of rotatable bonds is 8. The molecule has 1 atom stereocenters. The highest BCUT2D eigenvalue weighted by Gasteiger charge is 2.22. The lowest BCUT2D eigenvalue weighted by atomic mass is 10.1. The number of hydrogen-bond donors (Lipinski definition) is 1. The molecule has 0 spiro atoms. The molecule has 0 saturated carbocycles. The third-order valence-corrected chi connectivity index (χ3v) is 7.53. The summed E-state index contributed by atoms with van der Waals surface area (Å²) in [6, 6.07) is 11.6. The van der Waals surface area contributed by atoms with Crippen LogP contribution in [0.3, 0.4) is 0 Å². The van der Waals surface area contributed by atoms with Gasteiger partial charge < -0.3 is 9.84 Å². The number of sulfonamides is 1. The Morgan fingerprint density at radius 2 is 1.90 bits per heavy atom. The van der Waals surface area contributed by atoms with Gasteiger partial charge in [0.2, 0.25) is 10.0 Å². The number of carbonyl (C=O) groups is 1. The fraction of sp³-hybridized carbons (Fsp3) is 0.300. The number of nitrogens with zero attached hydrogens (tertiary/aromatic N) is 2. The highest BCUT2D eigenvalue weighted by Crippen LogP contribution is 2.25. The summed E-state index contributed by atoms with van der Waals surface area (Å²) in [6.45, 7) is 6.27. The Kier molecular flexibility index (Phi) is 6.51. The van der Waals surface area contributed by atoms with Crippen molar-refractivity contribution in [3.8, 4) is 10.6 Å². The first kappa shape index (κ1) is 21.2. The number of nitrogens with one attached hydrogen (secondary N) is 1. The number of aromatic nitrogens is 1. The SMILES string of the molecule is CCN(CC)S(=O)(=O)c1ccc(C(C)NC(=O)c2cc(-c3cccs3)on2)cc1. The number of amides is 1. The fourth-order valence-electron chi connectivity index (χ4n) is 2.91. The van der Waals surface area contributed by atoms with Crippen LogP contribution in [0.1, 0.15) is 42.9 Å². The molecule has 3 aromatic rings. The predicted octanol–water partition coefficient (Wildman–Crippen LogP) is 3.92. The molecule has 7 nitrogen and oxygen atoms in total. The van der Waals surface area contributed by atoms with E-state index >= 15 is 0 Å². The van der Waals surface area contributed by atoms with Gasteiger partial charge in [0.15, 0.2) is 11.5 Å². The first-order valence-corrected chi connectivity index (χ1v) is 11.6. The molecule has 1 amide bonds. The molecular weight excluding hydrogens is 410 g/mol. The molecular formula is C20H23N3O4S2. The highest BCUT2D eigenvalue weighted by atomic mass is 32.2. The monoisotopic (exact) mass is 433 g/mol. The topological polar surface area (TPSA) is 92.5 Å². The molecule has 154 valence electrons. The number of thiophene rings is 1. The summed E-state index contributed by atoms with van der Waals surface area (Å²) < 4.78 is 31.8. The van der Waals surface area contributed by atoms with Crippen LogP contribution in [-0.4, -0.2) is 36.9 Å². The van der Waals surface area contributed by atoms with Crippen molar-refractivity contribution in [2.45, 2.75) is 31.7 Å². The summed E-state index contributed by atoms with van der Waals surface area (Å²) in [4.78, 5) is 13.6. The van der Waals surface area contributed by atoms with Crippen LogP contribution >= 0.6 is 11.3 Å². The minimum Gasteiger partial charge on any atom is -0.355 e. The molecule has 0 bridgehead atoms. The quantitative estimate of drug-likeness (QED) is 0.581. The van der Waals surface area contributed by atoms with Gasteiger partial charge in [-0.15, -0.1) is 11.3 Å². The van der Waals surface area contributed by atoms with Gasteiger partial charge in [-0.25, -0.2) is 8.42 Å². The Morgan fingerprint density at radius 3 is 2.48 bits per heavy atom. The van der Waals surface area contributed by atoms with E-state index in [9.17, 15) is 13.2 Å². The van der Waals surface area contributed by atoms with Crippen molar-refractivity contribution in [1.29, 1.82) is 0 Å². The van der Waals surface area contributed by atoms with Crippen LogP contribution in [-0.2, 0) is 10.0 Å². The Bertz CT molecular complexity index is 1050. The number of carbonyl (C=O) groups excluding carboxylic acids is 1. The predicted molar refractivity (Wildman–Crippen MR) is 112 cm³/mol. The standard InChI is InChI=1S/C20H23N3O4S2/c1-4-23(5-2)29(25,26)16-10-8-15(9-11-16)14(3)21-20(24)17-13-18(27-22-17)19-7-6-12-28-19/h6-14H,4-5H2,1-3H3,(H,21,24). The number of benzene rings is 1. The van der Waals surface area contributed by atoms with Crippen molar-refractivity contribution >= 4 is 27.3 Å². The molecule has 9 heteroatoms. The van der Waals surface area contributed by atoms with Crippen LogP contribution in [0.2, 0.25) is 0 Å². The lowest BCUT2D eigenvalue weighted by Gasteiger charge is -2.19. The zero-order valence-electron chi connectivity index (χ0n) is 16.5. The zero-order chi connectivity index (χ0) is 21.0. The van der Waals surface area contributed by atoms with Gasteiger partial charge in [0.25, 0.3) is 5.91 Å². The molecule has 2 aromatic heterocycles. The van der Waals surface area contributed by atoms with E-state index in [-0.39, 0.29) is 22.5 Å². The Labute approximate surface area is 174 Å². The normalized spacial score (nSPS) is 12.8. The van der Waals surface area contributed by atoms with E-state index in [4.69, 9.17) is 4.52 Å². The van der Waals surface area contributed by atoms with E-state index in [2.05, 4.69) is 10.5 Å². The van der Waals surface area contributed by atoms with E-state index in [0.29, 0.717) is 18.8 Å². The Balaban J connectivity index is 1.69. The molecule has 29 heavy (non-hydrogen) atoms. The van der Waals surface area contributed by atoms with Crippen LogP contribution in [0.5, 0.6) is 0 Å². The summed E-state index contributed by atoms with van der Waals surface area (Å²) in [5, 5.41) is 8.62. The lowest BCUT2D eigenvalue weighted by molar-refractivity contribution is 0.0931. The van der Waals surface area contributed by atoms with Gasteiger partial charge >= 0.3 is 0 Å². The largest absolute Gasteiger partial charge is 0.355 e. The molecule has 1 N–H and O–H groups in total. The smallest absolute Gasteiger partial charge is 0.273 e. The molecule has 0 aliphatic heterocycles. The fourth-order valence-corrected chi connectivity index (χ4v) is 5.04. The van der Waals surface area contributed by atoms with Crippen molar-refractivity contribution in [1.82, 2.24) is 14.8 Å². The summed E-state index contributed by atoms with van der Waals surface area (Å²) >= 11 is 1.50. The molecule has 0 radical (unpaired) electrons. The van der Waals surface area contributed by atoms with Crippen molar-refractivity contribution < 1.29 is 17.7 Å². The van der Waals surface area contributed by atoms with Crippen LogP contribution in [0.4, 0.5) is 0 Å². The van der Waals surface area contributed by atoms with Gasteiger partial charge in [-0.05, 0) is 36.1 Å². The maximum Gasteiger partial charge on any atom is 0.273 e. The Hall–Kier alpha value is -2.49. The minimum atomic E-state index is -3.50. The van der Waals surface area contributed by atoms with Gasteiger partial charge in [-0.2, -0.15) is 4.31 Å². The van der Waals surface area contributed by atoms with Crippen molar-refractivity contribution in [3.63, 3.8) is 0 Å². The first-order valence-electron chi connectivity index (χ1n) is 9.28. The average molecular weight is 434 g/mol. The van der Waals surface area contributed by atoms with Crippen LogP contribution in [0.15, 0.2) is 57.3 Å². The van der Waals surface area contributed by atoms with E-state index in [0.717, 1.165) is 10.4 Å². The molecule has 1 aromatic carbocycles. The molecule has 0 fully saturated rings. The number of hydrogen-bond acceptors (Lipinski definition) is 6. The van der Waals surface area contributed by atoms with Crippen LogP contribution in [0, 0.1) is 0 Å². The first-order chi connectivity index (χ1) is 13.9. The van der Waals surface area contributed by atoms with Gasteiger partial charge in [-0.1, -0.05) is 37.2 Å². The summed E-state index contributed by atoms with van der Waals surface area (Å²) in [6.07, 6.45) is 0. The highest BCUT2D eigenvalue weighted by molar-refractivity contribution is 7.89. The lowest BCUT2D eigenvalue weighted by Crippen LogP contribution is -2.30. The minimum absolute atomic E-state index is 0.195. The molecule has 0 saturated heterocycles. The van der Waals surface area contributed by atoms with E-state index in [1.807, 2.05) is 24.4 Å². The molecule has 2 heterocycles. The maximum absolute atomic E-state index is 12.6. The summed E-state index contributed by atoms with van der Waals surface area (Å²) in [7, 11) is -3.50. The second-order valence-corrected chi connectivity index (χ2v) is 9.29. The van der Waals surface area contributed by atoms with Crippen molar-refractivity contribution in [2.24, 2.45) is 0 Å². The van der Waals surface area contributed by atoms with Crippen LogP contribution in [0.25, 0.3) is 10.6 Å². The maximum atomic E-state index is 12.6. The van der Waals surface area contributed by atoms with Crippen molar-refractivity contribution in [3.05, 3.63) is 59.1 Å². The molecule has 1 unspecified atom stereocenters. The summed E-state index contributed by atoms with van der Waals surface area (Å²) in [5.41, 5.74) is 0.986. The third-order valence-electron chi connectivity index (χ3n) is 4.58. The van der Waals surface area contributed by atoms with E-state index < -0.39 is 10.0 Å². The van der Waals surface area contributed by atoms with Crippen LogP contribution < -0.4 is 5.32 Å². The second kappa shape index (κ2) is 8.89. The van der Waals surface area contributed by atoms with Gasteiger partial charge in [0.1, 0.15) is 0 Å². The van der Waals surface area contributed by atoms with Gasteiger partial charge in [-0.3, -0.25) is 4.79 Å². The molecule has 0 aliphatic rings. The van der Waals surface area contributed by atoms with Crippen molar-refractivity contribution in [2.75, 3.05) is 13.1 Å². The Morgan fingerprint density at radius 1 is 1.21 bits per heavy atom. The van der Waals surface area contributed by atoms with E-state index in [1.165, 1.54) is 15.6 Å². The molecule has 0 aliphatic carbocycles.